The van der Waals surface area contributed by atoms with Crippen molar-refractivity contribution in [3.63, 3.8) is 0 Å². The number of sulfonamides is 2. The van der Waals surface area contributed by atoms with E-state index in [2.05, 4.69) is 47.9 Å². The van der Waals surface area contributed by atoms with E-state index < -0.39 is 78.3 Å². The Balaban J connectivity index is 0.000000279. The molecule has 0 radical (unpaired) electrons. The van der Waals surface area contributed by atoms with Crippen LogP contribution in [-0.4, -0.2) is 103 Å². The van der Waals surface area contributed by atoms with Crippen molar-refractivity contribution in [3.8, 4) is 22.3 Å². The van der Waals surface area contributed by atoms with Crippen molar-refractivity contribution < 1.29 is 49.8 Å². The molecule has 6 aromatic rings. The van der Waals surface area contributed by atoms with Gasteiger partial charge in [-0.1, -0.05) is 123 Å². The van der Waals surface area contributed by atoms with Gasteiger partial charge in [-0.15, -0.1) is 47.5 Å². The Bertz CT molecular complexity index is 3090. The number of halogens is 5. The summed E-state index contributed by atoms with van der Waals surface area (Å²) < 4.78 is 88.5. The van der Waals surface area contributed by atoms with E-state index in [4.69, 9.17) is 10.5 Å². The highest BCUT2D eigenvalue weighted by Crippen LogP contribution is 2.34. The molecule has 6 aromatic carbocycles. The normalized spacial score (nSPS) is 16.7. The van der Waals surface area contributed by atoms with Gasteiger partial charge in [0.15, 0.2) is 0 Å². The number of thioether (sulfide) groups is 2. The number of carbonyl (C=O) groups is 3. The van der Waals surface area contributed by atoms with Crippen molar-refractivity contribution in [3.05, 3.63) is 180 Å². The van der Waals surface area contributed by atoms with Gasteiger partial charge in [0.25, 0.3) is 0 Å². The molecule has 1 unspecified atom stereocenters. The van der Waals surface area contributed by atoms with Gasteiger partial charge in [0.1, 0.15) is 28.4 Å². The summed E-state index contributed by atoms with van der Waals surface area (Å²) in [5.74, 6) is -1.52. The SMILES string of the molecule is CC(C)C(N)C(=O)OCC[C@H](NC(=O)[C@@H]1SCCN1S(=O)(=O)c1ccc(-c2ccccc2)cc1)c1ccc(F)cc1.I.II.O=C(N[C@@H](CCO)c1ccc(F)cc1)[C@@H]1SCCN1S(=O)(=O)c1ccc(-c2ccccc2)cc1. The monoisotopic (exact) mass is 1480 g/mol. The largest absolute Gasteiger partial charge is 0.464 e. The molecule has 0 aliphatic carbocycles. The summed E-state index contributed by atoms with van der Waals surface area (Å²) in [7, 11) is -7.86. The second-order valence-corrected chi connectivity index (χ2v) is 24.1. The molecule has 23 heteroatoms. The van der Waals surface area contributed by atoms with Gasteiger partial charge in [-0.2, -0.15) is 8.61 Å². The third kappa shape index (κ3) is 17.4. The number of carbonyl (C=O) groups excluding carboxylic acids is 3. The molecule has 0 spiro atoms. The number of nitrogens with two attached hydrogens (primary N) is 1. The van der Waals surface area contributed by atoms with Gasteiger partial charge in [-0.25, -0.2) is 25.6 Å². The van der Waals surface area contributed by atoms with E-state index >= 15 is 0 Å². The second-order valence-electron chi connectivity index (χ2n) is 17.9. The van der Waals surface area contributed by atoms with Crippen molar-refractivity contribution in [2.24, 2.45) is 11.7 Å². The molecule has 2 aliphatic heterocycles. The highest BCUT2D eigenvalue weighted by molar-refractivity contribution is 15.0. The lowest BCUT2D eigenvalue weighted by Gasteiger charge is -2.26. The number of hydrogen-bond donors (Lipinski definition) is 4. The van der Waals surface area contributed by atoms with Gasteiger partial charge < -0.3 is 26.2 Å². The first-order valence-corrected chi connectivity index (χ1v) is 35.6. The third-order valence-corrected chi connectivity index (χ3v) is 18.9. The van der Waals surface area contributed by atoms with Crippen LogP contribution < -0.4 is 16.4 Å². The van der Waals surface area contributed by atoms with E-state index in [0.717, 1.165) is 22.3 Å². The van der Waals surface area contributed by atoms with Crippen molar-refractivity contribution >= 4 is 123 Å². The highest BCUT2D eigenvalue weighted by atomic mass is 128. The first-order chi connectivity index (χ1) is 37.0. The Morgan fingerprint density at radius 2 is 0.974 bits per heavy atom. The number of aliphatic hydroxyl groups is 1. The van der Waals surface area contributed by atoms with Gasteiger partial charge in [0.2, 0.25) is 31.9 Å². The van der Waals surface area contributed by atoms with E-state index in [1.165, 1.54) is 68.5 Å². The average Bonchev–Trinajstić information content (AvgIpc) is 4.22. The standard InChI is InChI=1S/C30H34FN3O5S2.C25H25FN2O4S2.I2.HI/c1-20(2)27(32)30(36)39-18-16-26(23-8-12-24(31)13-9-23)33-28(35)29-34(17-19-40-29)41(37,38)25-14-10-22(11-15-25)21-6-4-3-5-7-21;26-21-10-6-20(7-11-21)23(14-16-29)27-24(30)25-28(15-17-33-25)34(31,32)22-12-8-19(9-13-22)18-4-2-1-3-5-18;1-2;/h3-15,20,26-27,29H,16-19,32H2,1-2H3,(H,33,35);1-13,23,25,29H,14-17H2,(H,27,30);;1H/t26-,27?,29-;23-,25-;;/m00../s1. The predicted molar refractivity (Wildman–Crippen MR) is 332 cm³/mol. The van der Waals surface area contributed by atoms with Crippen molar-refractivity contribution in [1.29, 1.82) is 0 Å². The average molecular weight is 1480 g/mol. The van der Waals surface area contributed by atoms with Crippen molar-refractivity contribution in [1.82, 2.24) is 19.2 Å². The molecule has 14 nitrogen and oxygen atoms in total. The number of hydrogen-bond acceptors (Lipinski definition) is 12. The highest BCUT2D eigenvalue weighted by Gasteiger charge is 2.42. The Hall–Kier alpha value is -3.78. The van der Waals surface area contributed by atoms with E-state index in [1.807, 2.05) is 74.5 Å². The first-order valence-electron chi connectivity index (χ1n) is 24.3. The minimum Gasteiger partial charge on any atom is -0.464 e. The molecule has 0 bridgehead atoms. The fourth-order valence-electron chi connectivity index (χ4n) is 8.28. The molecule has 2 aliphatic rings. The number of aliphatic hydroxyl groups excluding tert-OH is 1. The third-order valence-electron chi connectivity index (χ3n) is 12.5. The summed E-state index contributed by atoms with van der Waals surface area (Å²) >= 11 is 6.72. The van der Waals surface area contributed by atoms with Gasteiger partial charge in [0, 0.05) is 74.9 Å². The van der Waals surface area contributed by atoms with E-state index in [-0.39, 0.29) is 78.8 Å². The lowest BCUT2D eigenvalue weighted by molar-refractivity contribution is -0.146. The molecular formula is C55H60F2I3N5O9S4. The number of nitrogens with zero attached hydrogens (tertiary/aromatic N) is 2. The number of nitrogens with one attached hydrogen (secondary N) is 2. The van der Waals surface area contributed by atoms with Crippen LogP contribution in [0.25, 0.3) is 22.3 Å². The molecule has 78 heavy (non-hydrogen) atoms. The molecule has 8 rings (SSSR count). The number of esters is 1. The maximum atomic E-state index is 13.6. The quantitative estimate of drug-likeness (QED) is 0.0442. The Labute approximate surface area is 504 Å². The number of rotatable bonds is 19. The molecule has 418 valence electrons. The number of benzene rings is 6. The van der Waals surface area contributed by atoms with Crippen LogP contribution in [0.2, 0.25) is 0 Å². The van der Waals surface area contributed by atoms with Crippen LogP contribution >= 0.6 is 84.7 Å². The minimum atomic E-state index is -3.96. The van der Waals surface area contributed by atoms with Crippen LogP contribution in [-0.2, 0) is 39.2 Å². The Morgan fingerprint density at radius 1 is 0.615 bits per heavy atom. The number of ether oxygens (including phenoxy) is 1. The van der Waals surface area contributed by atoms with Crippen molar-refractivity contribution in [2.75, 3.05) is 37.8 Å². The summed E-state index contributed by atoms with van der Waals surface area (Å²) in [6.45, 7) is 3.80. The van der Waals surface area contributed by atoms with Crippen LogP contribution in [0, 0.1) is 17.6 Å². The molecular weight excluding hydrogens is 1420 g/mol. The fourth-order valence-corrected chi connectivity index (χ4v) is 14.5. The van der Waals surface area contributed by atoms with Crippen LogP contribution in [0.15, 0.2) is 168 Å². The summed E-state index contributed by atoms with van der Waals surface area (Å²) in [4.78, 5) is 39.0. The zero-order valence-corrected chi connectivity index (χ0v) is 52.3. The molecule has 5 N–H and O–H groups in total. The van der Waals surface area contributed by atoms with Gasteiger partial charge in [-0.05, 0) is 94.3 Å². The summed E-state index contributed by atoms with van der Waals surface area (Å²) in [6.07, 6.45) is 0.418. The molecule has 0 saturated carbocycles. The molecule has 2 heterocycles. The predicted octanol–water partition coefficient (Wildman–Crippen LogP) is 10.5. The lowest BCUT2D eigenvalue weighted by atomic mass is 10.0. The summed E-state index contributed by atoms with van der Waals surface area (Å²) in [6, 6.07) is 41.8. The fraction of sp³-hybridized carbons (Fsp3) is 0.291. The summed E-state index contributed by atoms with van der Waals surface area (Å²) in [5, 5.41) is 13.2. The first kappa shape index (κ1) is 65.0. The van der Waals surface area contributed by atoms with Gasteiger partial charge in [0.05, 0.1) is 28.5 Å². The van der Waals surface area contributed by atoms with E-state index in [0.29, 0.717) is 22.6 Å². The lowest BCUT2D eigenvalue weighted by Crippen LogP contribution is -2.46. The molecule has 0 aromatic heterocycles. The maximum absolute atomic E-state index is 13.6. The zero-order valence-electron chi connectivity index (χ0n) is 42.4. The minimum absolute atomic E-state index is 0. The molecule has 2 saturated heterocycles. The topological polar surface area (TPSA) is 206 Å². The molecule has 2 fully saturated rings. The van der Waals surface area contributed by atoms with Gasteiger partial charge >= 0.3 is 5.97 Å². The van der Waals surface area contributed by atoms with Crippen LogP contribution in [0.3, 0.4) is 0 Å². The zero-order chi connectivity index (χ0) is 55.7. The second kappa shape index (κ2) is 31.4. The summed E-state index contributed by atoms with van der Waals surface area (Å²) in [5.41, 5.74) is 10.8. The molecule has 2 amide bonds. The maximum Gasteiger partial charge on any atom is 0.323 e. The Morgan fingerprint density at radius 3 is 1.33 bits per heavy atom. The number of amides is 2. The molecule has 5 atom stereocenters. The smallest absolute Gasteiger partial charge is 0.323 e. The Kier molecular flexibility index (Phi) is 26.2. The van der Waals surface area contributed by atoms with Crippen LogP contribution in [0.4, 0.5) is 8.78 Å². The van der Waals surface area contributed by atoms with Crippen molar-refractivity contribution in [2.45, 2.75) is 65.4 Å². The van der Waals surface area contributed by atoms with Crippen LogP contribution in [0.5, 0.6) is 0 Å². The van der Waals surface area contributed by atoms with Gasteiger partial charge in [-0.3, -0.25) is 14.4 Å². The van der Waals surface area contributed by atoms with Crippen LogP contribution in [0.1, 0.15) is 49.9 Å². The van der Waals surface area contributed by atoms with E-state index in [9.17, 15) is 45.1 Å². The van der Waals surface area contributed by atoms with E-state index in [1.54, 1.807) is 60.7 Å².